The number of ether oxygens (including phenoxy) is 3. The Kier molecular flexibility index (Phi) is 15.6. The number of allylic oxidation sites excluding steroid dienone is 2. The highest BCUT2D eigenvalue weighted by molar-refractivity contribution is 5.84. The average molecular weight is 731 g/mol. The Morgan fingerprint density at radius 1 is 1.02 bits per heavy atom. The smallest absolute Gasteiger partial charge is 0.410 e. The second kappa shape index (κ2) is 19.6. The number of carbonyl (C=O) groups excluding carboxylic acids is 4. The number of cyclic esters (lactones) is 1. The maximum atomic E-state index is 13.4. The van der Waals surface area contributed by atoms with Crippen LogP contribution in [-0.4, -0.2) is 124 Å². The Morgan fingerprint density at radius 3 is 2.38 bits per heavy atom. The van der Waals surface area contributed by atoms with Crippen LogP contribution in [0.5, 0.6) is 0 Å². The number of rotatable bonds is 8. The number of primary amides is 1. The van der Waals surface area contributed by atoms with Crippen LogP contribution in [0, 0.1) is 11.8 Å². The molecule has 3 amide bonds. The quantitative estimate of drug-likeness (QED) is 0.107. The zero-order valence-electron chi connectivity index (χ0n) is 31.6. The van der Waals surface area contributed by atoms with Crippen molar-refractivity contribution in [3.63, 3.8) is 0 Å². The molecule has 13 nitrogen and oxygen atoms in total. The first-order chi connectivity index (χ1) is 24.7. The van der Waals surface area contributed by atoms with Crippen LogP contribution in [-0.2, 0) is 23.8 Å². The Morgan fingerprint density at radius 2 is 1.71 bits per heavy atom. The van der Waals surface area contributed by atoms with Crippen molar-refractivity contribution in [2.75, 3.05) is 39.3 Å². The minimum Gasteiger partial charge on any atom is -0.457 e. The number of aliphatic hydroxyl groups excluding tert-OH is 1. The van der Waals surface area contributed by atoms with Gasteiger partial charge in [0.25, 0.3) is 0 Å². The molecule has 52 heavy (non-hydrogen) atoms. The number of nitrogens with two attached hydrogens (primary N) is 1. The average Bonchev–Trinajstić information content (AvgIpc) is 3.46. The predicted molar refractivity (Wildman–Crippen MR) is 196 cm³/mol. The van der Waals surface area contributed by atoms with Gasteiger partial charge in [-0.2, -0.15) is 0 Å². The van der Waals surface area contributed by atoms with Gasteiger partial charge in [-0.05, 0) is 64.0 Å². The van der Waals surface area contributed by atoms with Crippen LogP contribution in [0.15, 0.2) is 36.0 Å². The van der Waals surface area contributed by atoms with Gasteiger partial charge in [0.2, 0.25) is 5.91 Å². The van der Waals surface area contributed by atoms with E-state index in [1.807, 2.05) is 32.9 Å². The summed E-state index contributed by atoms with van der Waals surface area (Å²) >= 11 is 0. The van der Waals surface area contributed by atoms with Gasteiger partial charge in [-0.1, -0.05) is 63.8 Å². The summed E-state index contributed by atoms with van der Waals surface area (Å²) in [5.41, 5.74) is 4.66. The van der Waals surface area contributed by atoms with Crippen molar-refractivity contribution in [1.29, 1.82) is 0 Å². The summed E-state index contributed by atoms with van der Waals surface area (Å²) in [6, 6.07) is -0.0647. The van der Waals surface area contributed by atoms with E-state index < -0.39 is 54.0 Å². The van der Waals surface area contributed by atoms with Crippen molar-refractivity contribution in [3.8, 4) is 0 Å². The van der Waals surface area contributed by atoms with Crippen LogP contribution >= 0.6 is 0 Å². The molecule has 1 saturated carbocycles. The number of likely N-dealkylation sites (tertiary alicyclic amines) is 1. The van der Waals surface area contributed by atoms with E-state index in [-0.39, 0.29) is 37.7 Å². The maximum Gasteiger partial charge on any atom is 0.410 e. The number of aliphatic hydroxyl groups is 2. The van der Waals surface area contributed by atoms with Crippen molar-refractivity contribution in [1.82, 2.24) is 14.7 Å². The molecule has 4 aliphatic rings. The first-order valence-electron chi connectivity index (χ1n) is 19.3. The van der Waals surface area contributed by atoms with Gasteiger partial charge in [0.05, 0.1) is 19.1 Å². The highest BCUT2D eigenvalue weighted by atomic mass is 16.6. The Balaban J connectivity index is 1.39. The Bertz CT molecular complexity index is 1300. The van der Waals surface area contributed by atoms with Crippen molar-refractivity contribution >= 4 is 24.1 Å². The van der Waals surface area contributed by atoms with E-state index in [1.165, 1.54) is 43.4 Å². The third-order valence-corrected chi connectivity index (χ3v) is 11.0. The standard InChI is InChI=1S/C39H62N4O9/c1-27(26-50-38(48)43-20-10-15-32(43)36(40)46)11-9-12-28(2)35-29(3)16-17-33(39(4,49)19-18-31(44)25-34(45)52-35)51-37(47)42-23-21-41(22-24-42)30-13-7-5-6-8-14-30/h9,11-12,16-17,27,29-33,35,44,49H,5-8,10,13-15,18-26H2,1-4H3,(H2,40,46)/b11-9+,17-16+,28-12+/t27?,29-,31-,32+,33-,35+,39-/m0/s1. The zero-order chi connectivity index (χ0) is 37.8. The highest BCUT2D eigenvalue weighted by Crippen LogP contribution is 2.28. The van der Waals surface area contributed by atoms with E-state index in [2.05, 4.69) is 4.90 Å². The summed E-state index contributed by atoms with van der Waals surface area (Å²) in [6.45, 7) is 10.4. The molecule has 0 aromatic carbocycles. The number of nitrogens with zero attached hydrogens (tertiary/aromatic N) is 3. The molecule has 2 saturated heterocycles. The van der Waals surface area contributed by atoms with E-state index in [9.17, 15) is 29.4 Å². The van der Waals surface area contributed by atoms with Gasteiger partial charge in [0, 0.05) is 50.6 Å². The lowest BCUT2D eigenvalue weighted by molar-refractivity contribution is -0.151. The summed E-state index contributed by atoms with van der Waals surface area (Å²) in [7, 11) is 0. The summed E-state index contributed by atoms with van der Waals surface area (Å²) in [5, 5.41) is 22.2. The summed E-state index contributed by atoms with van der Waals surface area (Å²) < 4.78 is 17.3. The Hall–Kier alpha value is -3.42. The van der Waals surface area contributed by atoms with Gasteiger partial charge in [-0.3, -0.25) is 19.4 Å². The second-order valence-corrected chi connectivity index (χ2v) is 15.5. The van der Waals surface area contributed by atoms with Gasteiger partial charge < -0.3 is 35.1 Å². The van der Waals surface area contributed by atoms with Gasteiger partial charge >= 0.3 is 18.2 Å². The zero-order valence-corrected chi connectivity index (χ0v) is 31.6. The van der Waals surface area contributed by atoms with E-state index in [4.69, 9.17) is 19.9 Å². The first kappa shape index (κ1) is 41.3. The fourth-order valence-electron chi connectivity index (χ4n) is 7.64. The van der Waals surface area contributed by atoms with E-state index in [0.29, 0.717) is 38.5 Å². The van der Waals surface area contributed by atoms with Gasteiger partial charge in [0.15, 0.2) is 6.10 Å². The first-order valence-corrected chi connectivity index (χ1v) is 19.3. The summed E-state index contributed by atoms with van der Waals surface area (Å²) in [6.07, 6.45) is 13.9. The monoisotopic (exact) mass is 730 g/mol. The van der Waals surface area contributed by atoms with Crippen molar-refractivity contribution in [2.45, 2.75) is 134 Å². The SMILES string of the molecule is C/C(=C\C=C\C(C)COC(=O)N1CCC[C@@H]1C(N)=O)[C@H]1OC(=O)C[C@@H](O)CC[C@](C)(O)[C@@H](OC(=O)N2CCN(C3CCCCCC3)CC2)/C=C/[C@@H]1C. The fourth-order valence-corrected chi connectivity index (χ4v) is 7.64. The molecule has 3 heterocycles. The number of amides is 3. The molecule has 1 aliphatic carbocycles. The molecule has 292 valence electrons. The van der Waals surface area contributed by atoms with Crippen LogP contribution in [0.1, 0.15) is 98.3 Å². The minimum atomic E-state index is -1.49. The molecule has 7 atom stereocenters. The van der Waals surface area contributed by atoms with Gasteiger partial charge in [-0.15, -0.1) is 0 Å². The molecule has 0 bridgehead atoms. The van der Waals surface area contributed by atoms with Crippen LogP contribution in [0.4, 0.5) is 9.59 Å². The van der Waals surface area contributed by atoms with E-state index >= 15 is 0 Å². The molecule has 4 rings (SSSR count). The summed E-state index contributed by atoms with van der Waals surface area (Å²) in [4.78, 5) is 56.1. The van der Waals surface area contributed by atoms with Crippen LogP contribution in [0.2, 0.25) is 0 Å². The number of hydrogen-bond donors (Lipinski definition) is 3. The lowest BCUT2D eigenvalue weighted by Gasteiger charge is -2.40. The largest absolute Gasteiger partial charge is 0.457 e. The minimum absolute atomic E-state index is 0.107. The molecule has 0 aromatic heterocycles. The third-order valence-electron chi connectivity index (χ3n) is 11.0. The number of hydrogen-bond acceptors (Lipinski definition) is 10. The molecule has 1 unspecified atom stereocenters. The fraction of sp³-hybridized carbons (Fsp3) is 0.744. The third kappa shape index (κ3) is 12.1. The number of esters is 1. The molecular weight excluding hydrogens is 668 g/mol. The number of piperazine rings is 1. The van der Waals surface area contributed by atoms with Crippen LogP contribution < -0.4 is 5.73 Å². The molecular formula is C39H62N4O9. The molecule has 13 heteroatoms. The van der Waals surface area contributed by atoms with Crippen molar-refractivity contribution in [2.24, 2.45) is 17.6 Å². The molecule has 4 N–H and O–H groups in total. The molecule has 0 aromatic rings. The molecule has 3 aliphatic heterocycles. The number of carbonyl (C=O) groups is 4. The highest BCUT2D eigenvalue weighted by Gasteiger charge is 2.38. The second-order valence-electron chi connectivity index (χ2n) is 15.5. The Labute approximate surface area is 309 Å². The van der Waals surface area contributed by atoms with Gasteiger partial charge in [0.1, 0.15) is 17.7 Å². The maximum absolute atomic E-state index is 13.4. The topological polar surface area (TPSA) is 172 Å². The normalized spacial score (nSPS) is 31.9. The van der Waals surface area contributed by atoms with Crippen molar-refractivity contribution < 1.29 is 43.6 Å². The van der Waals surface area contributed by atoms with E-state index in [0.717, 1.165) is 18.7 Å². The molecule has 0 spiro atoms. The van der Waals surface area contributed by atoms with Gasteiger partial charge in [-0.25, -0.2) is 9.59 Å². The summed E-state index contributed by atoms with van der Waals surface area (Å²) in [5.74, 6) is -1.62. The van der Waals surface area contributed by atoms with Crippen molar-refractivity contribution in [3.05, 3.63) is 36.0 Å². The lowest BCUT2D eigenvalue weighted by Crippen LogP contribution is -2.53. The lowest BCUT2D eigenvalue weighted by atomic mass is 9.89. The molecule has 3 fully saturated rings. The van der Waals surface area contributed by atoms with Crippen LogP contribution in [0.25, 0.3) is 0 Å². The van der Waals surface area contributed by atoms with Crippen LogP contribution in [0.3, 0.4) is 0 Å². The van der Waals surface area contributed by atoms with E-state index in [1.54, 1.807) is 30.1 Å². The molecule has 0 radical (unpaired) electrons. The predicted octanol–water partition coefficient (Wildman–Crippen LogP) is 4.46.